The normalized spacial score (nSPS) is 10.5. The molecule has 3 N–H and O–H groups in total. The van der Waals surface area contributed by atoms with E-state index in [9.17, 15) is 9.59 Å². The Bertz CT molecular complexity index is 951. The van der Waals surface area contributed by atoms with E-state index >= 15 is 0 Å². The Hall–Kier alpha value is -3.42. The summed E-state index contributed by atoms with van der Waals surface area (Å²) in [6.45, 7) is 2.07. The van der Waals surface area contributed by atoms with Crippen LogP contribution in [0.15, 0.2) is 36.5 Å². The minimum atomic E-state index is -0.510. The van der Waals surface area contributed by atoms with Gasteiger partial charge in [0.15, 0.2) is 5.82 Å². The summed E-state index contributed by atoms with van der Waals surface area (Å²) in [5.74, 6) is -0.0540. The number of H-pyrrole nitrogens is 1. The number of methoxy groups -OCH3 is 1. The third-order valence-electron chi connectivity index (χ3n) is 3.80. The number of aromatic nitrogens is 3. The first kappa shape index (κ1) is 17.4. The van der Waals surface area contributed by atoms with Crippen LogP contribution in [0.4, 0.5) is 16.3 Å². The van der Waals surface area contributed by atoms with Crippen molar-refractivity contribution in [3.63, 3.8) is 0 Å². The average Bonchev–Trinajstić information content (AvgIpc) is 3.08. The van der Waals surface area contributed by atoms with Gasteiger partial charge in [-0.15, -0.1) is 0 Å². The Kier molecular flexibility index (Phi) is 5.12. The minimum Gasteiger partial charge on any atom is -0.464 e. The van der Waals surface area contributed by atoms with Gasteiger partial charge in [0, 0.05) is 23.3 Å². The van der Waals surface area contributed by atoms with Crippen LogP contribution in [0.2, 0.25) is 0 Å². The molecule has 3 aromatic rings. The number of rotatable bonds is 5. The molecule has 26 heavy (non-hydrogen) atoms. The lowest BCUT2D eigenvalue weighted by molar-refractivity contribution is 0.0594. The number of carbonyl (C=O) groups is 2. The van der Waals surface area contributed by atoms with Gasteiger partial charge in [-0.1, -0.05) is 25.5 Å². The van der Waals surface area contributed by atoms with Gasteiger partial charge in [-0.05, 0) is 23.9 Å². The van der Waals surface area contributed by atoms with Crippen molar-refractivity contribution in [3.05, 3.63) is 47.9 Å². The number of hydrogen-bond donors (Lipinski definition) is 3. The molecule has 134 valence electrons. The lowest BCUT2D eigenvalue weighted by atomic mass is 10.1. The summed E-state index contributed by atoms with van der Waals surface area (Å²) in [4.78, 5) is 27.9. The lowest BCUT2D eigenvalue weighted by Gasteiger charge is -2.09. The zero-order chi connectivity index (χ0) is 18.5. The maximum atomic E-state index is 12.2. The number of carbonyl (C=O) groups excluding carboxylic acids is 2. The van der Waals surface area contributed by atoms with Gasteiger partial charge in [0.05, 0.1) is 12.8 Å². The van der Waals surface area contributed by atoms with Crippen LogP contribution in [0.25, 0.3) is 10.8 Å². The zero-order valence-corrected chi connectivity index (χ0v) is 14.5. The van der Waals surface area contributed by atoms with Crippen molar-refractivity contribution in [2.75, 3.05) is 17.7 Å². The number of benzene rings is 1. The third kappa shape index (κ3) is 3.80. The molecule has 0 radical (unpaired) electrons. The molecule has 8 heteroatoms. The molecule has 0 bridgehead atoms. The van der Waals surface area contributed by atoms with E-state index in [1.807, 2.05) is 6.07 Å². The number of amides is 2. The van der Waals surface area contributed by atoms with Crippen LogP contribution < -0.4 is 10.6 Å². The number of ether oxygens (including phenoxy) is 1. The molecule has 0 aliphatic rings. The molecular weight excluding hydrogens is 334 g/mol. The number of hydrogen-bond acceptors (Lipinski definition) is 5. The number of pyridine rings is 1. The van der Waals surface area contributed by atoms with Gasteiger partial charge in [0.25, 0.3) is 0 Å². The maximum Gasteiger partial charge on any atom is 0.356 e. The summed E-state index contributed by atoms with van der Waals surface area (Å²) in [6.07, 6.45) is 3.39. The second-order valence-corrected chi connectivity index (χ2v) is 5.70. The van der Waals surface area contributed by atoms with Crippen LogP contribution in [0.3, 0.4) is 0 Å². The van der Waals surface area contributed by atoms with Crippen molar-refractivity contribution < 1.29 is 14.3 Å². The van der Waals surface area contributed by atoms with Crippen LogP contribution in [-0.2, 0) is 11.2 Å². The predicted molar refractivity (Wildman–Crippen MR) is 98.3 cm³/mol. The van der Waals surface area contributed by atoms with Crippen LogP contribution in [-0.4, -0.2) is 34.3 Å². The topological polar surface area (TPSA) is 109 Å². The fraction of sp³-hybridized carbons (Fsp3) is 0.222. The van der Waals surface area contributed by atoms with Crippen molar-refractivity contribution in [3.8, 4) is 0 Å². The number of esters is 1. The molecule has 2 amide bonds. The molecule has 0 fully saturated rings. The maximum absolute atomic E-state index is 12.2. The quantitative estimate of drug-likeness (QED) is 0.610. The van der Waals surface area contributed by atoms with Gasteiger partial charge in [0.2, 0.25) is 0 Å². The van der Waals surface area contributed by atoms with Crippen molar-refractivity contribution in [1.82, 2.24) is 15.2 Å². The number of urea groups is 1. The fourth-order valence-electron chi connectivity index (χ4n) is 2.59. The Morgan fingerprint density at radius 2 is 2.08 bits per heavy atom. The predicted octanol–water partition coefficient (Wildman–Crippen LogP) is 3.34. The number of aryl methyl sites for hydroxylation is 1. The number of fused-ring (bicyclic) bond motifs is 1. The third-order valence-corrected chi connectivity index (χ3v) is 3.80. The fourth-order valence-corrected chi connectivity index (χ4v) is 2.59. The Morgan fingerprint density at radius 1 is 1.23 bits per heavy atom. The van der Waals surface area contributed by atoms with E-state index in [-0.39, 0.29) is 5.69 Å². The largest absolute Gasteiger partial charge is 0.464 e. The highest BCUT2D eigenvalue weighted by Gasteiger charge is 2.11. The van der Waals surface area contributed by atoms with E-state index in [0.29, 0.717) is 16.9 Å². The molecule has 0 saturated carbocycles. The molecule has 2 aromatic heterocycles. The van der Waals surface area contributed by atoms with E-state index in [1.54, 1.807) is 24.3 Å². The minimum absolute atomic E-state index is 0.210. The first-order chi connectivity index (χ1) is 12.6. The summed E-state index contributed by atoms with van der Waals surface area (Å²) in [5, 5.41) is 13.9. The molecule has 0 saturated heterocycles. The molecule has 0 aliphatic heterocycles. The highest BCUT2D eigenvalue weighted by Crippen LogP contribution is 2.23. The Balaban J connectivity index is 1.77. The van der Waals surface area contributed by atoms with Gasteiger partial charge in [-0.2, -0.15) is 5.10 Å². The number of nitrogens with zero attached hydrogens (tertiary/aromatic N) is 2. The lowest BCUT2D eigenvalue weighted by Crippen LogP contribution is -2.19. The van der Waals surface area contributed by atoms with Crippen LogP contribution >= 0.6 is 0 Å². The first-order valence-electron chi connectivity index (χ1n) is 8.20. The number of aromatic amines is 1. The molecule has 1 aromatic carbocycles. The van der Waals surface area contributed by atoms with Gasteiger partial charge in [0.1, 0.15) is 5.69 Å². The van der Waals surface area contributed by atoms with Crippen molar-refractivity contribution in [2.24, 2.45) is 0 Å². The van der Waals surface area contributed by atoms with Crippen LogP contribution in [0.5, 0.6) is 0 Å². The van der Waals surface area contributed by atoms with E-state index in [1.165, 1.54) is 13.3 Å². The molecule has 0 unspecified atom stereocenters. The SMILES string of the molecule is CCCc1cc(NC(=O)Nc2cccc3cc(C(=O)OC)ncc23)n[nH]1. The van der Waals surface area contributed by atoms with Gasteiger partial charge in [-0.3, -0.25) is 10.4 Å². The van der Waals surface area contributed by atoms with E-state index in [4.69, 9.17) is 0 Å². The number of anilines is 2. The first-order valence-corrected chi connectivity index (χ1v) is 8.20. The summed E-state index contributed by atoms with van der Waals surface area (Å²) in [6, 6.07) is 8.38. The molecule has 2 heterocycles. The molecule has 0 aliphatic carbocycles. The summed E-state index contributed by atoms with van der Waals surface area (Å²) in [5.41, 5.74) is 1.75. The van der Waals surface area contributed by atoms with Gasteiger partial charge >= 0.3 is 12.0 Å². The highest BCUT2D eigenvalue weighted by molar-refractivity contribution is 6.06. The summed E-state index contributed by atoms with van der Waals surface area (Å²) >= 11 is 0. The molecular formula is C18H19N5O3. The smallest absolute Gasteiger partial charge is 0.356 e. The standard InChI is InChI=1S/C18H19N5O3/c1-3-5-12-9-16(23-22-12)21-18(25)20-14-7-4-6-11-8-15(17(24)26-2)19-10-13(11)14/h4,6-10H,3,5H2,1-2H3,(H3,20,21,22,23,25). The number of nitrogens with one attached hydrogen (secondary N) is 3. The van der Waals surface area contributed by atoms with Crippen LogP contribution in [0.1, 0.15) is 29.5 Å². The van der Waals surface area contributed by atoms with Crippen molar-refractivity contribution >= 4 is 34.3 Å². The summed E-state index contributed by atoms with van der Waals surface area (Å²) in [7, 11) is 1.30. The Labute approximate surface area is 150 Å². The Morgan fingerprint density at radius 3 is 2.85 bits per heavy atom. The van der Waals surface area contributed by atoms with Crippen LogP contribution in [0, 0.1) is 0 Å². The molecule has 3 rings (SSSR count). The molecule has 0 atom stereocenters. The second kappa shape index (κ2) is 7.64. The van der Waals surface area contributed by atoms with Gasteiger partial charge in [-0.25, -0.2) is 14.6 Å². The zero-order valence-electron chi connectivity index (χ0n) is 14.5. The van der Waals surface area contributed by atoms with E-state index in [2.05, 4.69) is 37.5 Å². The second-order valence-electron chi connectivity index (χ2n) is 5.70. The average molecular weight is 353 g/mol. The van der Waals surface area contributed by atoms with Gasteiger partial charge < -0.3 is 10.1 Å². The van der Waals surface area contributed by atoms with E-state index < -0.39 is 12.0 Å². The highest BCUT2D eigenvalue weighted by atomic mass is 16.5. The van der Waals surface area contributed by atoms with E-state index in [0.717, 1.165) is 23.9 Å². The molecule has 0 spiro atoms. The summed E-state index contributed by atoms with van der Waals surface area (Å²) < 4.78 is 4.67. The van der Waals surface area contributed by atoms with Crippen molar-refractivity contribution in [2.45, 2.75) is 19.8 Å². The van der Waals surface area contributed by atoms with Crippen molar-refractivity contribution in [1.29, 1.82) is 0 Å². The molecule has 8 nitrogen and oxygen atoms in total. The monoisotopic (exact) mass is 353 g/mol.